The fraction of sp³-hybridized carbons (Fsp3) is 0.0833. The summed E-state index contributed by atoms with van der Waals surface area (Å²) < 4.78 is 16.1. The molecule has 1 heterocycles. The van der Waals surface area contributed by atoms with Crippen LogP contribution in [0.3, 0.4) is 0 Å². The standard InChI is InChI=1S/C24H19NO5/c1-28-18-9-5-8-17(12-18)25-23(26)15-29-19-10-11-20-21(16-6-3-2-4-7-16)14-24(27)30-22(20)13-19/h2-14H,15H2,1H3,(H,25,26). The summed E-state index contributed by atoms with van der Waals surface area (Å²) in [6.07, 6.45) is 0. The third-order valence-electron chi connectivity index (χ3n) is 4.52. The highest BCUT2D eigenvalue weighted by molar-refractivity contribution is 5.94. The average molecular weight is 401 g/mol. The van der Waals surface area contributed by atoms with Crippen molar-refractivity contribution in [3.63, 3.8) is 0 Å². The van der Waals surface area contributed by atoms with Crippen LogP contribution in [0.15, 0.2) is 88.1 Å². The third-order valence-corrected chi connectivity index (χ3v) is 4.52. The Morgan fingerprint density at radius 2 is 1.77 bits per heavy atom. The highest BCUT2D eigenvalue weighted by Gasteiger charge is 2.10. The van der Waals surface area contributed by atoms with Crippen molar-refractivity contribution < 1.29 is 18.7 Å². The van der Waals surface area contributed by atoms with E-state index in [-0.39, 0.29) is 12.5 Å². The summed E-state index contributed by atoms with van der Waals surface area (Å²) in [5, 5.41) is 3.53. The summed E-state index contributed by atoms with van der Waals surface area (Å²) in [4.78, 5) is 24.2. The molecule has 0 fully saturated rings. The van der Waals surface area contributed by atoms with Crippen molar-refractivity contribution in [1.29, 1.82) is 0 Å². The molecule has 4 aromatic rings. The van der Waals surface area contributed by atoms with Gasteiger partial charge < -0.3 is 19.2 Å². The first-order valence-electron chi connectivity index (χ1n) is 9.32. The van der Waals surface area contributed by atoms with E-state index in [9.17, 15) is 9.59 Å². The van der Waals surface area contributed by atoms with Gasteiger partial charge in [-0.25, -0.2) is 4.79 Å². The summed E-state index contributed by atoms with van der Waals surface area (Å²) in [6, 6.07) is 23.3. The molecule has 0 unspecified atom stereocenters. The van der Waals surface area contributed by atoms with Gasteiger partial charge in [0.15, 0.2) is 6.61 Å². The van der Waals surface area contributed by atoms with Crippen molar-refractivity contribution in [2.24, 2.45) is 0 Å². The molecule has 4 rings (SSSR count). The van der Waals surface area contributed by atoms with E-state index in [0.717, 1.165) is 16.5 Å². The number of rotatable bonds is 6. The highest BCUT2D eigenvalue weighted by atomic mass is 16.5. The van der Waals surface area contributed by atoms with Gasteiger partial charge >= 0.3 is 5.63 Å². The van der Waals surface area contributed by atoms with E-state index in [1.54, 1.807) is 43.5 Å². The first-order chi connectivity index (χ1) is 14.6. The number of benzene rings is 3. The topological polar surface area (TPSA) is 77.8 Å². The van der Waals surface area contributed by atoms with Gasteiger partial charge in [-0.2, -0.15) is 0 Å². The van der Waals surface area contributed by atoms with Gasteiger partial charge in [-0.15, -0.1) is 0 Å². The van der Waals surface area contributed by atoms with Crippen LogP contribution in [0, 0.1) is 0 Å². The minimum atomic E-state index is -0.450. The number of hydrogen-bond donors (Lipinski definition) is 1. The van der Waals surface area contributed by atoms with Gasteiger partial charge in [-0.05, 0) is 35.4 Å². The lowest BCUT2D eigenvalue weighted by molar-refractivity contribution is -0.118. The Labute approximate surface area is 172 Å². The molecule has 0 aliphatic heterocycles. The fourth-order valence-corrected chi connectivity index (χ4v) is 3.14. The zero-order valence-corrected chi connectivity index (χ0v) is 16.3. The lowest BCUT2D eigenvalue weighted by Crippen LogP contribution is -2.20. The van der Waals surface area contributed by atoms with Crippen LogP contribution >= 0.6 is 0 Å². The summed E-state index contributed by atoms with van der Waals surface area (Å²) >= 11 is 0. The van der Waals surface area contributed by atoms with Crippen molar-refractivity contribution in [1.82, 2.24) is 0 Å². The predicted octanol–water partition coefficient (Wildman–Crippen LogP) is 4.49. The van der Waals surface area contributed by atoms with Crippen molar-refractivity contribution in [3.05, 3.63) is 89.3 Å². The van der Waals surface area contributed by atoms with Crippen molar-refractivity contribution in [2.45, 2.75) is 0 Å². The summed E-state index contributed by atoms with van der Waals surface area (Å²) in [5.74, 6) is 0.756. The van der Waals surface area contributed by atoms with Gasteiger partial charge in [-0.1, -0.05) is 36.4 Å². The van der Waals surface area contributed by atoms with E-state index in [1.807, 2.05) is 36.4 Å². The SMILES string of the molecule is COc1cccc(NC(=O)COc2ccc3c(-c4ccccc4)cc(=O)oc3c2)c1. The van der Waals surface area contributed by atoms with Gasteiger partial charge in [0.05, 0.1) is 7.11 Å². The molecule has 150 valence electrons. The largest absolute Gasteiger partial charge is 0.497 e. The average Bonchev–Trinajstić information content (AvgIpc) is 2.77. The molecule has 0 aliphatic carbocycles. The lowest BCUT2D eigenvalue weighted by Gasteiger charge is -2.10. The monoisotopic (exact) mass is 401 g/mol. The molecule has 0 aliphatic rings. The van der Waals surface area contributed by atoms with E-state index in [1.165, 1.54) is 6.07 Å². The molecule has 1 N–H and O–H groups in total. The van der Waals surface area contributed by atoms with Gasteiger partial charge in [0.1, 0.15) is 17.1 Å². The molecule has 6 heteroatoms. The minimum absolute atomic E-state index is 0.189. The van der Waals surface area contributed by atoms with Crippen LogP contribution in [0.2, 0.25) is 0 Å². The number of fused-ring (bicyclic) bond motifs is 1. The zero-order valence-electron chi connectivity index (χ0n) is 16.3. The molecule has 0 bridgehead atoms. The summed E-state index contributed by atoms with van der Waals surface area (Å²) in [7, 11) is 1.56. The van der Waals surface area contributed by atoms with Crippen LogP contribution in [0.4, 0.5) is 5.69 Å². The highest BCUT2D eigenvalue weighted by Crippen LogP contribution is 2.29. The Morgan fingerprint density at radius 1 is 0.933 bits per heavy atom. The molecular formula is C24H19NO5. The Balaban J connectivity index is 1.51. The van der Waals surface area contributed by atoms with E-state index in [0.29, 0.717) is 22.8 Å². The van der Waals surface area contributed by atoms with E-state index in [2.05, 4.69) is 5.32 Å². The Morgan fingerprint density at radius 3 is 2.57 bits per heavy atom. The molecular weight excluding hydrogens is 382 g/mol. The predicted molar refractivity (Wildman–Crippen MR) is 115 cm³/mol. The molecule has 0 atom stereocenters. The Kier molecular flexibility index (Phi) is 5.48. The number of carbonyl (C=O) groups excluding carboxylic acids is 1. The number of carbonyl (C=O) groups is 1. The van der Waals surface area contributed by atoms with Gasteiger partial charge in [-0.3, -0.25) is 4.79 Å². The summed E-state index contributed by atoms with van der Waals surface area (Å²) in [6.45, 7) is -0.189. The quantitative estimate of drug-likeness (QED) is 0.482. The molecule has 1 amide bonds. The van der Waals surface area contributed by atoms with Crippen LogP contribution in [0.25, 0.3) is 22.1 Å². The maximum atomic E-state index is 12.2. The minimum Gasteiger partial charge on any atom is -0.497 e. The molecule has 3 aromatic carbocycles. The number of methoxy groups -OCH3 is 1. The summed E-state index contributed by atoms with van der Waals surface area (Å²) in [5.41, 5.74) is 2.26. The van der Waals surface area contributed by atoms with E-state index < -0.39 is 5.63 Å². The van der Waals surface area contributed by atoms with Crippen LogP contribution in [0.5, 0.6) is 11.5 Å². The third kappa shape index (κ3) is 4.33. The van der Waals surface area contributed by atoms with Gasteiger partial charge in [0, 0.05) is 29.3 Å². The lowest BCUT2D eigenvalue weighted by atomic mass is 10.0. The Hall–Kier alpha value is -4.06. The molecule has 0 saturated heterocycles. The number of ether oxygens (including phenoxy) is 2. The number of nitrogens with one attached hydrogen (secondary N) is 1. The van der Waals surface area contributed by atoms with Gasteiger partial charge in [0.2, 0.25) is 0 Å². The Bertz CT molecular complexity index is 1250. The number of anilines is 1. The molecule has 0 saturated carbocycles. The molecule has 0 radical (unpaired) electrons. The molecule has 0 spiro atoms. The first kappa shape index (κ1) is 19.3. The maximum Gasteiger partial charge on any atom is 0.336 e. The first-order valence-corrected chi connectivity index (χ1v) is 9.32. The second kappa shape index (κ2) is 8.53. The van der Waals surface area contributed by atoms with Crippen LogP contribution in [0.1, 0.15) is 0 Å². The molecule has 1 aromatic heterocycles. The van der Waals surface area contributed by atoms with Crippen molar-refractivity contribution >= 4 is 22.6 Å². The fourth-order valence-electron chi connectivity index (χ4n) is 3.14. The maximum absolute atomic E-state index is 12.2. The molecule has 6 nitrogen and oxygen atoms in total. The normalized spacial score (nSPS) is 10.6. The second-order valence-electron chi connectivity index (χ2n) is 6.57. The van der Waals surface area contributed by atoms with Gasteiger partial charge in [0.25, 0.3) is 5.91 Å². The zero-order chi connectivity index (χ0) is 20.9. The number of amides is 1. The van der Waals surface area contributed by atoms with E-state index >= 15 is 0 Å². The van der Waals surface area contributed by atoms with Crippen molar-refractivity contribution in [3.8, 4) is 22.6 Å². The molecule has 30 heavy (non-hydrogen) atoms. The smallest absolute Gasteiger partial charge is 0.336 e. The van der Waals surface area contributed by atoms with Crippen molar-refractivity contribution in [2.75, 3.05) is 19.0 Å². The van der Waals surface area contributed by atoms with E-state index in [4.69, 9.17) is 13.9 Å². The number of hydrogen-bond acceptors (Lipinski definition) is 5. The second-order valence-corrected chi connectivity index (χ2v) is 6.57. The van der Waals surface area contributed by atoms with Crippen LogP contribution in [-0.4, -0.2) is 19.6 Å². The van der Waals surface area contributed by atoms with Crippen LogP contribution < -0.4 is 20.4 Å². The van der Waals surface area contributed by atoms with Crippen LogP contribution in [-0.2, 0) is 4.79 Å².